The third kappa shape index (κ3) is 6.28. The van der Waals surface area contributed by atoms with Crippen LogP contribution >= 0.6 is 23.5 Å². The molecule has 3 aromatic carbocycles. The van der Waals surface area contributed by atoms with Gasteiger partial charge in [0.2, 0.25) is 5.91 Å². The number of amides is 3. The maximum Gasteiger partial charge on any atom is 0.294 e. The van der Waals surface area contributed by atoms with Crippen molar-refractivity contribution in [1.29, 1.82) is 0 Å². The fourth-order valence-corrected chi connectivity index (χ4v) is 5.40. The standard InChI is InChI=1S/C27H23N3O5S2/c1-16-4-8-20(9-5-16)36-23-11-7-19(13-22(23)30(34)35)14-24-26(32)29(27(33)37-24)15-25(31)28-21-10-6-17(2)12-18(21)3/h4-14H,15H2,1-3H3,(H,28,31). The molecule has 37 heavy (non-hydrogen) atoms. The van der Waals surface area contributed by atoms with E-state index < -0.39 is 28.5 Å². The number of anilines is 1. The molecule has 0 aromatic heterocycles. The summed E-state index contributed by atoms with van der Waals surface area (Å²) in [7, 11) is 0. The second-order valence-corrected chi connectivity index (χ2v) is 10.6. The quantitative estimate of drug-likeness (QED) is 0.214. The summed E-state index contributed by atoms with van der Waals surface area (Å²) < 4.78 is 0. The summed E-state index contributed by atoms with van der Waals surface area (Å²) in [5.74, 6) is -1.12. The van der Waals surface area contributed by atoms with Gasteiger partial charge in [-0.3, -0.25) is 29.4 Å². The number of benzene rings is 3. The van der Waals surface area contributed by atoms with Crippen LogP contribution in [-0.4, -0.2) is 33.4 Å². The molecule has 1 aliphatic heterocycles. The van der Waals surface area contributed by atoms with Crippen LogP contribution in [0.5, 0.6) is 0 Å². The monoisotopic (exact) mass is 533 g/mol. The maximum atomic E-state index is 12.9. The van der Waals surface area contributed by atoms with Gasteiger partial charge in [0.15, 0.2) is 0 Å². The molecule has 0 aliphatic carbocycles. The molecule has 0 unspecified atom stereocenters. The molecule has 1 aliphatic rings. The Bertz CT molecular complexity index is 1450. The Kier molecular flexibility index (Phi) is 7.80. The highest BCUT2D eigenvalue weighted by Gasteiger charge is 2.36. The molecule has 1 saturated heterocycles. The fraction of sp³-hybridized carbons (Fsp3) is 0.148. The largest absolute Gasteiger partial charge is 0.324 e. The number of hydrogen-bond acceptors (Lipinski definition) is 7. The van der Waals surface area contributed by atoms with Gasteiger partial charge in [0, 0.05) is 16.6 Å². The van der Waals surface area contributed by atoms with Gasteiger partial charge in [-0.05, 0) is 74.0 Å². The summed E-state index contributed by atoms with van der Waals surface area (Å²) in [5, 5.41) is 13.9. The molecule has 10 heteroatoms. The van der Waals surface area contributed by atoms with Crippen LogP contribution in [-0.2, 0) is 9.59 Å². The van der Waals surface area contributed by atoms with Gasteiger partial charge in [-0.25, -0.2) is 0 Å². The first-order valence-corrected chi connectivity index (χ1v) is 12.9. The van der Waals surface area contributed by atoms with Crippen LogP contribution in [0.3, 0.4) is 0 Å². The highest BCUT2D eigenvalue weighted by molar-refractivity contribution is 8.18. The average molecular weight is 534 g/mol. The highest BCUT2D eigenvalue weighted by atomic mass is 32.2. The van der Waals surface area contributed by atoms with E-state index in [1.807, 2.05) is 57.2 Å². The molecule has 0 saturated carbocycles. The molecular formula is C27H23N3O5S2. The molecule has 1 heterocycles. The molecule has 3 amide bonds. The van der Waals surface area contributed by atoms with Crippen LogP contribution in [0.1, 0.15) is 22.3 Å². The number of hydrogen-bond donors (Lipinski definition) is 1. The number of carbonyl (C=O) groups is 3. The maximum absolute atomic E-state index is 12.9. The van der Waals surface area contributed by atoms with Crippen LogP contribution < -0.4 is 5.32 Å². The van der Waals surface area contributed by atoms with Gasteiger partial charge >= 0.3 is 0 Å². The van der Waals surface area contributed by atoms with Crippen molar-refractivity contribution in [2.75, 3.05) is 11.9 Å². The zero-order valence-electron chi connectivity index (χ0n) is 20.3. The molecule has 3 aromatic rings. The number of thioether (sulfide) groups is 1. The SMILES string of the molecule is Cc1ccc(Sc2ccc(C=C3SC(=O)N(CC(=O)Nc4ccc(C)cc4C)C3=O)cc2[N+](=O)[O-])cc1. The van der Waals surface area contributed by atoms with E-state index in [0.717, 1.165) is 26.5 Å². The molecule has 4 rings (SSSR count). The summed E-state index contributed by atoms with van der Waals surface area (Å²) in [6, 6.07) is 17.8. The predicted molar refractivity (Wildman–Crippen MR) is 146 cm³/mol. The number of aryl methyl sites for hydroxylation is 3. The van der Waals surface area contributed by atoms with Crippen LogP contribution in [0.2, 0.25) is 0 Å². The minimum Gasteiger partial charge on any atom is -0.324 e. The van der Waals surface area contributed by atoms with Crippen LogP contribution in [0, 0.1) is 30.9 Å². The van der Waals surface area contributed by atoms with Crippen molar-refractivity contribution >= 4 is 58.0 Å². The Morgan fingerprint density at radius 1 is 1.03 bits per heavy atom. The van der Waals surface area contributed by atoms with Crippen LogP contribution in [0.25, 0.3) is 6.08 Å². The Balaban J connectivity index is 1.49. The fourth-order valence-electron chi connectivity index (χ4n) is 3.66. The number of nitrogens with one attached hydrogen (secondary N) is 1. The molecule has 0 radical (unpaired) electrons. The van der Waals surface area contributed by atoms with Crippen molar-refractivity contribution in [3.63, 3.8) is 0 Å². The first-order chi connectivity index (χ1) is 17.6. The van der Waals surface area contributed by atoms with E-state index in [9.17, 15) is 24.5 Å². The van der Waals surface area contributed by atoms with Gasteiger partial charge in [-0.1, -0.05) is 53.2 Å². The normalized spacial score (nSPS) is 14.4. The Morgan fingerprint density at radius 2 is 1.73 bits per heavy atom. The van der Waals surface area contributed by atoms with Gasteiger partial charge in [0.1, 0.15) is 6.54 Å². The van der Waals surface area contributed by atoms with E-state index in [1.165, 1.54) is 23.9 Å². The van der Waals surface area contributed by atoms with E-state index in [-0.39, 0.29) is 10.6 Å². The lowest BCUT2D eigenvalue weighted by molar-refractivity contribution is -0.387. The van der Waals surface area contributed by atoms with Gasteiger partial charge < -0.3 is 5.32 Å². The number of nitro benzene ring substituents is 1. The Morgan fingerprint density at radius 3 is 2.41 bits per heavy atom. The summed E-state index contributed by atoms with van der Waals surface area (Å²) in [6.07, 6.45) is 1.43. The molecule has 188 valence electrons. The highest BCUT2D eigenvalue weighted by Crippen LogP contribution is 2.37. The minimum atomic E-state index is -0.619. The van der Waals surface area contributed by atoms with E-state index in [4.69, 9.17) is 0 Å². The zero-order valence-corrected chi connectivity index (χ0v) is 21.9. The van der Waals surface area contributed by atoms with Crippen molar-refractivity contribution in [2.45, 2.75) is 30.6 Å². The zero-order chi connectivity index (χ0) is 26.7. The average Bonchev–Trinajstić information content (AvgIpc) is 3.10. The minimum absolute atomic E-state index is 0.0950. The van der Waals surface area contributed by atoms with E-state index in [0.29, 0.717) is 27.9 Å². The first-order valence-electron chi connectivity index (χ1n) is 11.3. The van der Waals surface area contributed by atoms with Gasteiger partial charge in [-0.2, -0.15) is 0 Å². The molecule has 1 fully saturated rings. The first kappa shape index (κ1) is 26.2. The summed E-state index contributed by atoms with van der Waals surface area (Å²) in [6.45, 7) is 5.33. The molecule has 1 N–H and O–H groups in total. The van der Waals surface area contributed by atoms with E-state index >= 15 is 0 Å². The van der Waals surface area contributed by atoms with Gasteiger partial charge in [0.05, 0.1) is 14.7 Å². The lowest BCUT2D eigenvalue weighted by atomic mass is 10.1. The number of nitrogens with zero attached hydrogens (tertiary/aromatic N) is 2. The van der Waals surface area contributed by atoms with Crippen LogP contribution in [0.4, 0.5) is 16.2 Å². The summed E-state index contributed by atoms with van der Waals surface area (Å²) in [5.41, 5.74) is 3.91. The van der Waals surface area contributed by atoms with Crippen molar-refractivity contribution in [3.05, 3.63) is 97.9 Å². The number of imide groups is 1. The summed E-state index contributed by atoms with van der Waals surface area (Å²) >= 11 is 1.97. The molecule has 8 nitrogen and oxygen atoms in total. The Labute approximate surface area is 222 Å². The lowest BCUT2D eigenvalue weighted by Crippen LogP contribution is -2.36. The van der Waals surface area contributed by atoms with Crippen molar-refractivity contribution in [2.24, 2.45) is 0 Å². The second kappa shape index (κ2) is 11.0. The van der Waals surface area contributed by atoms with Gasteiger partial charge in [-0.15, -0.1) is 0 Å². The number of carbonyl (C=O) groups excluding carboxylic acids is 3. The van der Waals surface area contributed by atoms with Crippen molar-refractivity contribution in [1.82, 2.24) is 4.90 Å². The Hall–Kier alpha value is -3.89. The van der Waals surface area contributed by atoms with Gasteiger partial charge in [0.25, 0.3) is 16.8 Å². The molecular weight excluding hydrogens is 510 g/mol. The third-order valence-corrected chi connectivity index (χ3v) is 7.54. The molecule has 0 atom stereocenters. The second-order valence-electron chi connectivity index (χ2n) is 8.53. The van der Waals surface area contributed by atoms with Crippen LogP contribution in [0.15, 0.2) is 75.4 Å². The number of rotatable bonds is 7. The lowest BCUT2D eigenvalue weighted by Gasteiger charge is -2.14. The predicted octanol–water partition coefficient (Wildman–Crippen LogP) is 6.35. The third-order valence-electron chi connectivity index (χ3n) is 5.56. The van der Waals surface area contributed by atoms with Crippen molar-refractivity contribution < 1.29 is 19.3 Å². The molecule has 0 bridgehead atoms. The van der Waals surface area contributed by atoms with E-state index in [1.54, 1.807) is 18.2 Å². The molecule has 0 spiro atoms. The summed E-state index contributed by atoms with van der Waals surface area (Å²) in [4.78, 5) is 51.4. The smallest absolute Gasteiger partial charge is 0.294 e. The number of nitro groups is 1. The topological polar surface area (TPSA) is 110 Å². The van der Waals surface area contributed by atoms with Crippen molar-refractivity contribution in [3.8, 4) is 0 Å². The van der Waals surface area contributed by atoms with E-state index in [2.05, 4.69) is 5.32 Å².